The first-order chi connectivity index (χ1) is 18.8. The Labute approximate surface area is 231 Å². The standard InChI is InChI=1S/C24H44O16/c1-8(2)34-19-10(5-25)37-23(17(32)13(19)28)40-21-12(7-27)38-24(18(33)15(21)30)39-20-11(6-26)36-22(35-9(3)4)16(31)14(20)29/h8-33H,5-7H2,1-4H3/t10?,11?,12?,13-,14-,15-,16?,17?,18?,19-,20-,21-,22+,23-,24-/m0/s1. The van der Waals surface area contributed by atoms with Crippen LogP contribution in [-0.2, 0) is 33.2 Å². The molecule has 16 nitrogen and oxygen atoms in total. The van der Waals surface area contributed by atoms with Gasteiger partial charge in [0, 0.05) is 0 Å². The molecule has 0 aliphatic carbocycles. The van der Waals surface area contributed by atoms with Crippen LogP contribution in [0.15, 0.2) is 0 Å². The second-order valence-corrected chi connectivity index (χ2v) is 10.7. The number of hydrogen-bond acceptors (Lipinski definition) is 16. The van der Waals surface area contributed by atoms with E-state index in [2.05, 4.69) is 0 Å². The molecule has 40 heavy (non-hydrogen) atoms. The number of aliphatic hydroxyl groups excluding tert-OH is 9. The second-order valence-electron chi connectivity index (χ2n) is 10.7. The molecule has 0 aromatic carbocycles. The van der Waals surface area contributed by atoms with E-state index in [1.807, 2.05) is 0 Å². The lowest BCUT2D eigenvalue weighted by atomic mass is 9.96. The highest BCUT2D eigenvalue weighted by molar-refractivity contribution is 4.96. The molecule has 0 amide bonds. The fourth-order valence-corrected chi connectivity index (χ4v) is 4.89. The van der Waals surface area contributed by atoms with Gasteiger partial charge in [-0.1, -0.05) is 0 Å². The summed E-state index contributed by atoms with van der Waals surface area (Å²) in [7, 11) is 0. The van der Waals surface area contributed by atoms with Gasteiger partial charge in [-0.15, -0.1) is 0 Å². The van der Waals surface area contributed by atoms with Crippen molar-refractivity contribution in [1.82, 2.24) is 0 Å². The topological polar surface area (TPSA) is 247 Å². The molecule has 16 heteroatoms. The Morgan fingerprint density at radius 1 is 0.475 bits per heavy atom. The molecule has 0 spiro atoms. The Morgan fingerprint density at radius 2 is 0.800 bits per heavy atom. The van der Waals surface area contributed by atoms with E-state index in [1.54, 1.807) is 27.7 Å². The van der Waals surface area contributed by atoms with Gasteiger partial charge in [-0.3, -0.25) is 0 Å². The monoisotopic (exact) mass is 588 g/mol. The Morgan fingerprint density at radius 3 is 1.18 bits per heavy atom. The fraction of sp³-hybridized carbons (Fsp3) is 1.00. The minimum Gasteiger partial charge on any atom is -0.394 e. The maximum atomic E-state index is 10.9. The third-order valence-electron chi connectivity index (χ3n) is 6.88. The van der Waals surface area contributed by atoms with Gasteiger partial charge in [-0.25, -0.2) is 0 Å². The van der Waals surface area contributed by atoms with E-state index in [4.69, 9.17) is 33.2 Å². The van der Waals surface area contributed by atoms with E-state index in [1.165, 1.54) is 0 Å². The maximum Gasteiger partial charge on any atom is 0.187 e. The molecule has 3 aliphatic heterocycles. The van der Waals surface area contributed by atoms with E-state index < -0.39 is 112 Å². The van der Waals surface area contributed by atoms with E-state index in [0.717, 1.165) is 0 Å². The Bertz CT molecular complexity index is 752. The van der Waals surface area contributed by atoms with Gasteiger partial charge in [0.1, 0.15) is 73.2 Å². The molecule has 0 bridgehead atoms. The average Bonchev–Trinajstić information content (AvgIpc) is 2.91. The van der Waals surface area contributed by atoms with Crippen molar-refractivity contribution < 1.29 is 79.1 Å². The highest BCUT2D eigenvalue weighted by atomic mass is 16.8. The normalized spacial score (nSPS) is 46.7. The zero-order valence-corrected chi connectivity index (χ0v) is 22.8. The summed E-state index contributed by atoms with van der Waals surface area (Å²) >= 11 is 0. The van der Waals surface area contributed by atoms with Crippen molar-refractivity contribution in [2.45, 2.75) is 132 Å². The predicted molar refractivity (Wildman–Crippen MR) is 129 cm³/mol. The summed E-state index contributed by atoms with van der Waals surface area (Å²) in [6, 6.07) is 0. The van der Waals surface area contributed by atoms with Crippen LogP contribution >= 0.6 is 0 Å². The molecule has 15 atom stereocenters. The largest absolute Gasteiger partial charge is 0.394 e. The van der Waals surface area contributed by atoms with Gasteiger partial charge < -0.3 is 79.1 Å². The lowest BCUT2D eigenvalue weighted by Gasteiger charge is -2.48. The maximum absolute atomic E-state index is 10.9. The van der Waals surface area contributed by atoms with Crippen molar-refractivity contribution in [2.75, 3.05) is 19.8 Å². The minimum atomic E-state index is -1.86. The highest BCUT2D eigenvalue weighted by Gasteiger charge is 2.54. The molecular weight excluding hydrogens is 544 g/mol. The first-order valence-electron chi connectivity index (χ1n) is 13.3. The fourth-order valence-electron chi connectivity index (χ4n) is 4.89. The van der Waals surface area contributed by atoms with Gasteiger partial charge in [0.25, 0.3) is 0 Å². The van der Waals surface area contributed by atoms with Crippen molar-refractivity contribution in [3.05, 3.63) is 0 Å². The van der Waals surface area contributed by atoms with E-state index in [9.17, 15) is 46.0 Å². The molecular formula is C24H44O16. The van der Waals surface area contributed by atoms with Gasteiger partial charge in [-0.05, 0) is 27.7 Å². The summed E-state index contributed by atoms with van der Waals surface area (Å²) in [5.41, 5.74) is 0. The summed E-state index contributed by atoms with van der Waals surface area (Å²) < 4.78 is 38.9. The molecule has 236 valence electrons. The minimum absolute atomic E-state index is 0.366. The van der Waals surface area contributed by atoms with Crippen molar-refractivity contribution in [3.8, 4) is 0 Å². The van der Waals surface area contributed by atoms with Crippen LogP contribution in [0.4, 0.5) is 0 Å². The van der Waals surface area contributed by atoms with Crippen LogP contribution in [0.5, 0.6) is 0 Å². The SMILES string of the molecule is CC(C)O[C@@H]1OC(CO)[C@H](O[C@@H]2OC(CO)[C@H](O[C@@H]3OC(CO)[C@H](OC(C)C)[C@@H](O)C3O)[C@@H](O)C2O)[C@@H](O)C1O. The van der Waals surface area contributed by atoms with Crippen LogP contribution in [0.25, 0.3) is 0 Å². The average molecular weight is 589 g/mol. The Balaban J connectivity index is 1.71. The van der Waals surface area contributed by atoms with Gasteiger partial charge in [0.15, 0.2) is 18.9 Å². The van der Waals surface area contributed by atoms with Crippen molar-refractivity contribution in [1.29, 1.82) is 0 Å². The smallest absolute Gasteiger partial charge is 0.187 e. The molecule has 3 aliphatic rings. The van der Waals surface area contributed by atoms with Crippen molar-refractivity contribution in [2.24, 2.45) is 0 Å². The molecule has 3 fully saturated rings. The second kappa shape index (κ2) is 14.7. The molecule has 6 unspecified atom stereocenters. The lowest BCUT2D eigenvalue weighted by molar-refractivity contribution is -0.381. The lowest BCUT2D eigenvalue weighted by Crippen LogP contribution is -2.67. The van der Waals surface area contributed by atoms with Crippen LogP contribution in [0.3, 0.4) is 0 Å². The van der Waals surface area contributed by atoms with Gasteiger partial charge in [-0.2, -0.15) is 0 Å². The van der Waals surface area contributed by atoms with Crippen molar-refractivity contribution in [3.63, 3.8) is 0 Å². The summed E-state index contributed by atoms with van der Waals surface area (Å²) in [6.07, 6.45) is -23.3. The molecule has 0 aromatic rings. The first-order valence-corrected chi connectivity index (χ1v) is 13.3. The summed E-state index contributed by atoms with van der Waals surface area (Å²) in [5.74, 6) is 0. The summed E-state index contributed by atoms with van der Waals surface area (Å²) in [5, 5.41) is 93.4. The third kappa shape index (κ3) is 7.46. The molecule has 0 radical (unpaired) electrons. The van der Waals surface area contributed by atoms with Crippen LogP contribution < -0.4 is 0 Å². The highest BCUT2D eigenvalue weighted by Crippen LogP contribution is 2.33. The first kappa shape index (κ1) is 33.9. The quantitative estimate of drug-likeness (QED) is 0.110. The third-order valence-corrected chi connectivity index (χ3v) is 6.88. The van der Waals surface area contributed by atoms with Gasteiger partial charge in [0.2, 0.25) is 0 Å². The zero-order chi connectivity index (χ0) is 29.9. The molecule has 9 N–H and O–H groups in total. The number of ether oxygens (including phenoxy) is 7. The number of rotatable bonds is 11. The van der Waals surface area contributed by atoms with E-state index in [-0.39, 0.29) is 12.2 Å². The summed E-state index contributed by atoms with van der Waals surface area (Å²) in [4.78, 5) is 0. The molecule has 3 rings (SSSR count). The van der Waals surface area contributed by atoms with E-state index in [0.29, 0.717) is 0 Å². The Kier molecular flexibility index (Phi) is 12.4. The molecule has 0 saturated carbocycles. The summed E-state index contributed by atoms with van der Waals surface area (Å²) in [6.45, 7) is 4.70. The number of hydrogen-bond donors (Lipinski definition) is 9. The van der Waals surface area contributed by atoms with Gasteiger partial charge in [0.05, 0.1) is 32.0 Å². The van der Waals surface area contributed by atoms with Gasteiger partial charge >= 0.3 is 0 Å². The predicted octanol–water partition coefficient (Wildman–Crippen LogP) is -4.71. The number of aliphatic hydroxyl groups is 9. The van der Waals surface area contributed by atoms with E-state index >= 15 is 0 Å². The van der Waals surface area contributed by atoms with Crippen LogP contribution in [0.2, 0.25) is 0 Å². The molecule has 0 aromatic heterocycles. The Hall–Kier alpha value is -0.640. The van der Waals surface area contributed by atoms with Crippen LogP contribution in [-0.4, -0.2) is 170 Å². The van der Waals surface area contributed by atoms with Crippen LogP contribution in [0, 0.1) is 0 Å². The molecule has 3 heterocycles. The van der Waals surface area contributed by atoms with Crippen molar-refractivity contribution >= 4 is 0 Å². The van der Waals surface area contributed by atoms with Crippen LogP contribution in [0.1, 0.15) is 27.7 Å². The zero-order valence-electron chi connectivity index (χ0n) is 22.8. The molecule has 3 saturated heterocycles.